The minimum atomic E-state index is 0. The van der Waals surface area contributed by atoms with Gasteiger partial charge in [-0.1, -0.05) is 0 Å². The molecule has 8 heteroatoms. The van der Waals surface area contributed by atoms with E-state index in [1.54, 1.807) is 18.4 Å². The van der Waals surface area contributed by atoms with Crippen LogP contribution in [-0.2, 0) is 11.2 Å². The van der Waals surface area contributed by atoms with Crippen molar-refractivity contribution in [3.05, 3.63) is 16.1 Å². The van der Waals surface area contributed by atoms with Crippen molar-refractivity contribution in [2.45, 2.75) is 46.0 Å². The van der Waals surface area contributed by atoms with Crippen molar-refractivity contribution < 1.29 is 4.79 Å². The van der Waals surface area contributed by atoms with Crippen LogP contribution in [0.25, 0.3) is 0 Å². The summed E-state index contributed by atoms with van der Waals surface area (Å²) in [6.07, 6.45) is 4.77. The Morgan fingerprint density at radius 2 is 2.15 bits per heavy atom. The number of thiazole rings is 1. The van der Waals surface area contributed by atoms with Gasteiger partial charge in [-0.2, -0.15) is 0 Å². The van der Waals surface area contributed by atoms with E-state index in [2.05, 4.69) is 32.8 Å². The number of aromatic nitrogens is 1. The fourth-order valence-electron chi connectivity index (χ4n) is 3.07. The van der Waals surface area contributed by atoms with Crippen LogP contribution < -0.4 is 10.6 Å². The van der Waals surface area contributed by atoms with E-state index in [0.717, 1.165) is 63.5 Å². The van der Waals surface area contributed by atoms with E-state index in [0.29, 0.717) is 12.3 Å². The van der Waals surface area contributed by atoms with E-state index >= 15 is 0 Å². The van der Waals surface area contributed by atoms with Gasteiger partial charge in [0.15, 0.2) is 5.96 Å². The number of likely N-dealkylation sites (tertiary alicyclic amines) is 1. The van der Waals surface area contributed by atoms with Gasteiger partial charge in [-0.25, -0.2) is 4.98 Å². The summed E-state index contributed by atoms with van der Waals surface area (Å²) < 4.78 is 0. The lowest BCUT2D eigenvalue weighted by molar-refractivity contribution is -0.121. The third-order valence-electron chi connectivity index (χ3n) is 4.48. The first-order valence-electron chi connectivity index (χ1n) is 9.27. The Bertz CT molecular complexity index is 570. The Morgan fingerprint density at radius 3 is 2.73 bits per heavy atom. The van der Waals surface area contributed by atoms with E-state index in [9.17, 15) is 4.79 Å². The summed E-state index contributed by atoms with van der Waals surface area (Å²) in [5.74, 6) is 1.65. The quantitative estimate of drug-likeness (QED) is 0.265. The van der Waals surface area contributed by atoms with Crippen molar-refractivity contribution in [1.82, 2.24) is 20.5 Å². The number of nitrogens with zero attached hydrogens (tertiary/aromatic N) is 3. The SMILES string of the molecule is CCNC(=NCCCc1nc(C)cs1)N1CCC(CC(=O)NC)CC1.I. The van der Waals surface area contributed by atoms with Crippen molar-refractivity contribution in [2.75, 3.05) is 33.2 Å². The number of nitrogens with one attached hydrogen (secondary N) is 2. The van der Waals surface area contributed by atoms with Crippen LogP contribution in [-0.4, -0.2) is 55.0 Å². The molecule has 0 aromatic carbocycles. The number of carbonyl (C=O) groups excluding carboxylic acids is 1. The van der Waals surface area contributed by atoms with Crippen LogP contribution >= 0.6 is 35.3 Å². The van der Waals surface area contributed by atoms with Crippen molar-refractivity contribution in [1.29, 1.82) is 0 Å². The normalized spacial score (nSPS) is 15.5. The highest BCUT2D eigenvalue weighted by molar-refractivity contribution is 14.0. The van der Waals surface area contributed by atoms with Gasteiger partial charge in [-0.15, -0.1) is 35.3 Å². The van der Waals surface area contributed by atoms with Crippen molar-refractivity contribution in [3.8, 4) is 0 Å². The molecule has 0 bridgehead atoms. The highest BCUT2D eigenvalue weighted by Gasteiger charge is 2.22. The molecule has 26 heavy (non-hydrogen) atoms. The van der Waals surface area contributed by atoms with Gasteiger partial charge in [0.05, 0.1) is 5.01 Å². The zero-order valence-electron chi connectivity index (χ0n) is 16.1. The van der Waals surface area contributed by atoms with Crippen molar-refractivity contribution >= 4 is 47.2 Å². The highest BCUT2D eigenvalue weighted by atomic mass is 127. The predicted octanol–water partition coefficient (Wildman–Crippen LogP) is 2.82. The second-order valence-electron chi connectivity index (χ2n) is 6.53. The Balaban J connectivity index is 0.00000338. The largest absolute Gasteiger partial charge is 0.359 e. The van der Waals surface area contributed by atoms with Gasteiger partial charge >= 0.3 is 0 Å². The Labute approximate surface area is 178 Å². The van der Waals surface area contributed by atoms with Crippen LogP contribution in [0.5, 0.6) is 0 Å². The first-order valence-corrected chi connectivity index (χ1v) is 10.1. The van der Waals surface area contributed by atoms with Crippen molar-refractivity contribution in [3.63, 3.8) is 0 Å². The first kappa shape index (κ1) is 23.1. The van der Waals surface area contributed by atoms with Gasteiger partial charge in [0.2, 0.25) is 5.91 Å². The molecule has 0 atom stereocenters. The van der Waals surface area contributed by atoms with E-state index in [4.69, 9.17) is 4.99 Å². The van der Waals surface area contributed by atoms with Gasteiger partial charge in [-0.05, 0) is 39.0 Å². The maximum atomic E-state index is 11.5. The lowest BCUT2D eigenvalue weighted by atomic mass is 9.93. The number of piperidine rings is 1. The average molecular weight is 493 g/mol. The van der Waals surface area contributed by atoms with Crippen LogP contribution in [0.3, 0.4) is 0 Å². The van der Waals surface area contributed by atoms with Crippen LogP contribution in [0.1, 0.15) is 43.3 Å². The number of halogens is 1. The van der Waals surface area contributed by atoms with Gasteiger partial charge < -0.3 is 15.5 Å². The molecule has 0 radical (unpaired) electrons. The van der Waals surface area contributed by atoms with E-state index in [-0.39, 0.29) is 29.9 Å². The number of amides is 1. The van der Waals surface area contributed by atoms with Gasteiger partial charge in [-0.3, -0.25) is 9.79 Å². The molecule has 6 nitrogen and oxygen atoms in total. The molecule has 0 aliphatic carbocycles. The number of guanidine groups is 1. The monoisotopic (exact) mass is 493 g/mol. The molecular weight excluding hydrogens is 461 g/mol. The first-order chi connectivity index (χ1) is 12.1. The molecule has 1 aliphatic rings. The standard InChI is InChI=1S/C18H31N5OS.HI/c1-4-20-18(21-9-5-6-17-22-14(2)13-25-17)23-10-7-15(8-11-23)12-16(24)19-3;/h13,15H,4-12H2,1-3H3,(H,19,24)(H,20,21);1H. The number of carbonyl (C=O) groups is 1. The van der Waals surface area contributed by atoms with Gasteiger partial charge in [0.25, 0.3) is 0 Å². The zero-order valence-corrected chi connectivity index (χ0v) is 19.2. The number of aryl methyl sites for hydroxylation is 2. The molecule has 1 aliphatic heterocycles. The number of aliphatic imine (C=N–C) groups is 1. The lowest BCUT2D eigenvalue weighted by Crippen LogP contribution is -2.46. The summed E-state index contributed by atoms with van der Waals surface area (Å²) in [5, 5.41) is 9.43. The summed E-state index contributed by atoms with van der Waals surface area (Å²) in [6.45, 7) is 7.78. The second kappa shape index (κ2) is 12.5. The van der Waals surface area contributed by atoms with Gasteiger partial charge in [0.1, 0.15) is 0 Å². The molecule has 1 aromatic heterocycles. The summed E-state index contributed by atoms with van der Waals surface area (Å²) in [4.78, 5) is 23.2. The van der Waals surface area contributed by atoms with E-state index in [1.807, 2.05) is 6.92 Å². The van der Waals surface area contributed by atoms with Crippen LogP contribution in [0, 0.1) is 12.8 Å². The van der Waals surface area contributed by atoms with Crippen LogP contribution in [0.15, 0.2) is 10.4 Å². The summed E-state index contributed by atoms with van der Waals surface area (Å²) >= 11 is 1.74. The maximum Gasteiger partial charge on any atom is 0.220 e. The highest BCUT2D eigenvalue weighted by Crippen LogP contribution is 2.20. The fraction of sp³-hybridized carbons (Fsp3) is 0.722. The molecule has 2 N–H and O–H groups in total. The Morgan fingerprint density at radius 1 is 1.42 bits per heavy atom. The molecule has 2 heterocycles. The minimum absolute atomic E-state index is 0. The number of hydrogen-bond donors (Lipinski definition) is 2. The molecule has 0 spiro atoms. The van der Waals surface area contributed by atoms with E-state index < -0.39 is 0 Å². The molecule has 1 saturated heterocycles. The molecule has 1 amide bonds. The Kier molecular flexibility index (Phi) is 11.1. The fourth-order valence-corrected chi connectivity index (χ4v) is 3.89. The Hall–Kier alpha value is -0.900. The van der Waals surface area contributed by atoms with Crippen molar-refractivity contribution in [2.24, 2.45) is 10.9 Å². The second-order valence-corrected chi connectivity index (χ2v) is 7.47. The lowest BCUT2D eigenvalue weighted by Gasteiger charge is -2.34. The predicted molar refractivity (Wildman–Crippen MR) is 120 cm³/mol. The summed E-state index contributed by atoms with van der Waals surface area (Å²) in [6, 6.07) is 0. The maximum absolute atomic E-state index is 11.5. The molecule has 0 saturated carbocycles. The third kappa shape index (κ3) is 7.77. The zero-order chi connectivity index (χ0) is 18.1. The molecule has 148 valence electrons. The topological polar surface area (TPSA) is 69.6 Å². The summed E-state index contributed by atoms with van der Waals surface area (Å²) in [5.41, 5.74) is 1.11. The van der Waals surface area contributed by atoms with Gasteiger partial charge in [0, 0.05) is 57.1 Å². The average Bonchev–Trinajstić information content (AvgIpc) is 3.03. The molecular formula is C18H32IN5OS. The third-order valence-corrected chi connectivity index (χ3v) is 5.51. The minimum Gasteiger partial charge on any atom is -0.359 e. The van der Waals surface area contributed by atoms with Crippen LogP contribution in [0.4, 0.5) is 0 Å². The van der Waals surface area contributed by atoms with Crippen LogP contribution in [0.2, 0.25) is 0 Å². The molecule has 2 rings (SSSR count). The number of hydrogen-bond acceptors (Lipinski definition) is 4. The van der Waals surface area contributed by atoms with E-state index in [1.165, 1.54) is 5.01 Å². The molecule has 1 fully saturated rings. The molecule has 1 aromatic rings. The molecule has 0 unspecified atom stereocenters. The summed E-state index contributed by atoms with van der Waals surface area (Å²) in [7, 11) is 1.71. The smallest absolute Gasteiger partial charge is 0.220 e. The number of rotatable bonds is 7.